The number of ether oxygens (including phenoxy) is 1. The molecule has 0 radical (unpaired) electrons. The molecule has 0 aromatic heterocycles. The Bertz CT molecular complexity index is 283. The molecule has 0 spiro atoms. The first kappa shape index (κ1) is 15.4. The van der Waals surface area contributed by atoms with Crippen molar-refractivity contribution in [2.45, 2.75) is 70.6 Å². The van der Waals surface area contributed by atoms with Gasteiger partial charge in [-0.25, -0.2) is 0 Å². The molecule has 0 aliphatic carbocycles. The number of nitrogens with zero attached hydrogens (tertiary/aromatic N) is 1. The Morgan fingerprint density at radius 2 is 1.78 bits per heavy atom. The molecule has 106 valence electrons. The van der Waals surface area contributed by atoms with Crippen LogP contribution in [0.4, 0.5) is 0 Å². The number of carboxylic acids is 1. The zero-order valence-electron chi connectivity index (χ0n) is 11.8. The monoisotopic (exact) mass is 259 g/mol. The fraction of sp³-hybridized carbons (Fsp3) is 0.923. The minimum Gasteiger partial charge on any atom is -0.481 e. The minimum atomic E-state index is -0.788. The van der Waals surface area contributed by atoms with E-state index in [0.29, 0.717) is 13.0 Å². The Kier molecular flexibility index (Phi) is 4.75. The molecular formula is C13H25NO4. The van der Waals surface area contributed by atoms with Gasteiger partial charge in [-0.3, -0.25) is 4.79 Å². The van der Waals surface area contributed by atoms with Crippen molar-refractivity contribution in [2.75, 3.05) is 6.61 Å². The quantitative estimate of drug-likeness (QED) is 0.741. The lowest BCUT2D eigenvalue weighted by atomic mass is 9.80. The summed E-state index contributed by atoms with van der Waals surface area (Å²) in [5.41, 5.74) is -0.640. The molecule has 5 heteroatoms. The van der Waals surface area contributed by atoms with Crippen LogP contribution in [0.1, 0.15) is 53.4 Å². The van der Waals surface area contributed by atoms with Gasteiger partial charge in [0.2, 0.25) is 0 Å². The largest absolute Gasteiger partial charge is 0.481 e. The van der Waals surface area contributed by atoms with Crippen molar-refractivity contribution < 1.29 is 19.8 Å². The normalized spacial score (nSPS) is 24.1. The van der Waals surface area contributed by atoms with Gasteiger partial charge in [0.25, 0.3) is 0 Å². The van der Waals surface area contributed by atoms with E-state index in [1.165, 1.54) is 5.06 Å². The molecule has 1 aliphatic heterocycles. The number of carboxylic acid groups (broad SMARTS) is 1. The third kappa shape index (κ3) is 3.93. The van der Waals surface area contributed by atoms with Crippen molar-refractivity contribution in [1.82, 2.24) is 5.06 Å². The third-order valence-electron chi connectivity index (χ3n) is 3.49. The molecule has 0 unspecified atom stereocenters. The second-order valence-electron chi connectivity index (χ2n) is 6.34. The highest BCUT2D eigenvalue weighted by molar-refractivity contribution is 5.66. The van der Waals surface area contributed by atoms with E-state index in [9.17, 15) is 10.0 Å². The van der Waals surface area contributed by atoms with E-state index in [0.717, 1.165) is 12.8 Å². The van der Waals surface area contributed by atoms with E-state index in [1.54, 1.807) is 0 Å². The predicted molar refractivity (Wildman–Crippen MR) is 67.6 cm³/mol. The Balaban J connectivity index is 2.46. The predicted octanol–water partition coefficient (Wildman–Crippen LogP) is 2.28. The number of hydrogen-bond acceptors (Lipinski definition) is 4. The van der Waals surface area contributed by atoms with Gasteiger partial charge in [0.05, 0.1) is 6.10 Å². The molecule has 0 bridgehead atoms. The molecule has 5 nitrogen and oxygen atoms in total. The molecule has 1 rings (SSSR count). The van der Waals surface area contributed by atoms with Crippen LogP contribution < -0.4 is 0 Å². The molecule has 1 fully saturated rings. The molecule has 0 saturated carbocycles. The average molecular weight is 259 g/mol. The number of rotatable bonds is 5. The molecule has 2 N–H and O–H groups in total. The lowest BCUT2D eigenvalue weighted by molar-refractivity contribution is -0.261. The Morgan fingerprint density at radius 1 is 1.28 bits per heavy atom. The fourth-order valence-corrected chi connectivity index (χ4v) is 2.77. The van der Waals surface area contributed by atoms with Gasteiger partial charge < -0.3 is 15.1 Å². The van der Waals surface area contributed by atoms with Crippen LogP contribution in [0, 0.1) is 0 Å². The number of hydroxylamine groups is 2. The summed E-state index contributed by atoms with van der Waals surface area (Å²) < 4.78 is 5.75. The SMILES string of the molecule is CC1(C)CC(OCCCC(=O)O)CC(C)(C)N1O. The molecule has 0 aromatic carbocycles. The maximum absolute atomic E-state index is 10.4. The van der Waals surface area contributed by atoms with Gasteiger partial charge in [0.1, 0.15) is 0 Å². The average Bonchev–Trinajstić information content (AvgIpc) is 2.20. The van der Waals surface area contributed by atoms with Gasteiger partial charge in [-0.1, -0.05) is 0 Å². The van der Waals surface area contributed by atoms with E-state index in [2.05, 4.69) is 0 Å². The Morgan fingerprint density at radius 3 is 2.22 bits per heavy atom. The van der Waals surface area contributed by atoms with Crippen molar-refractivity contribution in [3.05, 3.63) is 0 Å². The number of carbonyl (C=O) groups is 1. The molecule has 1 saturated heterocycles. The minimum absolute atomic E-state index is 0.0761. The van der Waals surface area contributed by atoms with E-state index in [-0.39, 0.29) is 23.6 Å². The van der Waals surface area contributed by atoms with Crippen LogP contribution in [-0.4, -0.2) is 45.1 Å². The first-order chi connectivity index (χ1) is 8.15. The van der Waals surface area contributed by atoms with Crippen LogP contribution in [0.25, 0.3) is 0 Å². The summed E-state index contributed by atoms with van der Waals surface area (Å²) in [5.74, 6) is -0.788. The van der Waals surface area contributed by atoms with Gasteiger partial charge in [-0.15, -0.1) is 0 Å². The van der Waals surface area contributed by atoms with E-state index >= 15 is 0 Å². The second-order valence-corrected chi connectivity index (χ2v) is 6.34. The highest BCUT2D eigenvalue weighted by Crippen LogP contribution is 2.37. The number of piperidine rings is 1. The highest BCUT2D eigenvalue weighted by Gasteiger charge is 2.45. The summed E-state index contributed by atoms with van der Waals surface area (Å²) in [4.78, 5) is 10.4. The first-order valence-electron chi connectivity index (χ1n) is 6.48. The van der Waals surface area contributed by atoms with Crippen LogP contribution in [0.5, 0.6) is 0 Å². The smallest absolute Gasteiger partial charge is 0.303 e. The summed E-state index contributed by atoms with van der Waals surface area (Å²) in [7, 11) is 0. The third-order valence-corrected chi connectivity index (χ3v) is 3.49. The molecule has 1 heterocycles. The topological polar surface area (TPSA) is 70.0 Å². The van der Waals surface area contributed by atoms with Crippen LogP contribution in [0.2, 0.25) is 0 Å². The van der Waals surface area contributed by atoms with E-state index in [1.807, 2.05) is 27.7 Å². The maximum atomic E-state index is 10.4. The van der Waals surface area contributed by atoms with Gasteiger partial charge in [-0.2, -0.15) is 5.06 Å². The fourth-order valence-electron chi connectivity index (χ4n) is 2.77. The summed E-state index contributed by atoms with van der Waals surface area (Å²) in [6.07, 6.45) is 2.26. The van der Waals surface area contributed by atoms with Gasteiger partial charge >= 0.3 is 5.97 Å². The lowest BCUT2D eigenvalue weighted by Crippen LogP contribution is -2.60. The summed E-state index contributed by atoms with van der Waals surface area (Å²) in [6, 6.07) is 0. The van der Waals surface area contributed by atoms with Crippen LogP contribution >= 0.6 is 0 Å². The van der Waals surface area contributed by atoms with E-state index in [4.69, 9.17) is 9.84 Å². The summed E-state index contributed by atoms with van der Waals surface area (Å²) in [6.45, 7) is 8.42. The van der Waals surface area contributed by atoms with Crippen molar-refractivity contribution in [3.63, 3.8) is 0 Å². The second kappa shape index (κ2) is 5.55. The number of hydrogen-bond donors (Lipinski definition) is 2. The van der Waals surface area contributed by atoms with Crippen molar-refractivity contribution in [3.8, 4) is 0 Å². The number of aliphatic carboxylic acids is 1. The highest BCUT2D eigenvalue weighted by atomic mass is 16.5. The van der Waals surface area contributed by atoms with Gasteiger partial charge in [0.15, 0.2) is 0 Å². The van der Waals surface area contributed by atoms with Crippen molar-refractivity contribution >= 4 is 5.97 Å². The molecule has 0 aromatic rings. The Labute approximate surface area is 109 Å². The Hall–Kier alpha value is -0.650. The van der Waals surface area contributed by atoms with Gasteiger partial charge in [-0.05, 0) is 47.0 Å². The van der Waals surface area contributed by atoms with Crippen LogP contribution in [0.3, 0.4) is 0 Å². The summed E-state index contributed by atoms with van der Waals surface area (Å²) in [5, 5.41) is 20.1. The van der Waals surface area contributed by atoms with Crippen LogP contribution in [-0.2, 0) is 9.53 Å². The molecule has 18 heavy (non-hydrogen) atoms. The van der Waals surface area contributed by atoms with Gasteiger partial charge in [0, 0.05) is 24.1 Å². The zero-order valence-corrected chi connectivity index (χ0v) is 11.8. The molecular weight excluding hydrogens is 234 g/mol. The summed E-state index contributed by atoms with van der Waals surface area (Å²) >= 11 is 0. The standard InChI is InChI=1S/C13H25NO4/c1-12(2)8-10(9-13(3,4)14(12)17)18-7-5-6-11(15)16/h10,17H,5-9H2,1-4H3,(H,15,16). The van der Waals surface area contributed by atoms with Crippen LogP contribution in [0.15, 0.2) is 0 Å². The molecule has 0 amide bonds. The molecule has 1 aliphatic rings. The lowest BCUT2D eigenvalue weighted by Gasteiger charge is -2.51. The maximum Gasteiger partial charge on any atom is 0.303 e. The van der Waals surface area contributed by atoms with E-state index < -0.39 is 5.97 Å². The first-order valence-corrected chi connectivity index (χ1v) is 6.48. The van der Waals surface area contributed by atoms with Crippen molar-refractivity contribution in [1.29, 1.82) is 0 Å². The van der Waals surface area contributed by atoms with Crippen molar-refractivity contribution in [2.24, 2.45) is 0 Å². The molecule has 0 atom stereocenters. The zero-order chi connectivity index (χ0) is 14.0.